The Morgan fingerprint density at radius 3 is 1.89 bits per heavy atom. The minimum absolute atomic E-state index is 0. The van der Waals surface area contributed by atoms with Gasteiger partial charge in [-0.25, -0.2) is 0 Å². The van der Waals surface area contributed by atoms with Gasteiger partial charge in [-0.1, -0.05) is 30.5 Å². The molecule has 0 radical (unpaired) electrons. The van der Waals surface area contributed by atoms with E-state index in [1.807, 2.05) is 20.9 Å². The number of aliphatic hydroxyl groups is 1. The predicted octanol–water partition coefficient (Wildman–Crippen LogP) is -0.834. The molecule has 0 aromatic heterocycles. The fourth-order valence-corrected chi connectivity index (χ4v) is 2.70. The van der Waals surface area contributed by atoms with Crippen molar-refractivity contribution >= 4 is 39.2 Å². The summed E-state index contributed by atoms with van der Waals surface area (Å²) in [4.78, 5) is 53.7. The van der Waals surface area contributed by atoms with E-state index in [1.165, 1.54) is 0 Å². The molecule has 44 heavy (non-hydrogen) atoms. The molecular weight excluding hydrogens is 597 g/mol. The monoisotopic (exact) mass is 659 g/mol. The standard InChI is InChI=1S/C13H28N3O4P.C11H20N2O5.C2H6.CH4O.CH4/c1-15-6-7-19-8-9-20-10-12(17)16-5-3-2-4-11(14)13(18)21;12-10(9-15)1-2-11(16)13-3-5-17-7-8-18-6-4-14;2*1-2;/h11,15H,2-10,14,21H2,1H3,(H,16,17);4,9-10H,1-3,5-8,12H2,(H,13,16);1-2H3;2H,1H3;1H4. The normalized spacial score (nSPS) is 10.9. The molecule has 8 N–H and O–H groups in total. The second-order valence-corrected chi connectivity index (χ2v) is 8.73. The molecular formula is C28H62N5O10P. The van der Waals surface area contributed by atoms with Crippen LogP contribution in [0.25, 0.3) is 0 Å². The number of carbonyl (C=O) groups excluding carboxylic acids is 5. The van der Waals surface area contributed by atoms with Gasteiger partial charge in [0.1, 0.15) is 25.8 Å². The van der Waals surface area contributed by atoms with E-state index in [0.717, 1.165) is 26.5 Å². The lowest BCUT2D eigenvalue weighted by Gasteiger charge is -2.08. The van der Waals surface area contributed by atoms with Crippen LogP contribution in [0.2, 0.25) is 0 Å². The zero-order valence-electron chi connectivity index (χ0n) is 26.5. The molecule has 15 nitrogen and oxygen atoms in total. The van der Waals surface area contributed by atoms with E-state index in [-0.39, 0.29) is 44.4 Å². The van der Waals surface area contributed by atoms with Crippen LogP contribution in [-0.2, 0) is 42.9 Å². The Labute approximate surface area is 266 Å². The van der Waals surface area contributed by atoms with E-state index < -0.39 is 12.1 Å². The van der Waals surface area contributed by atoms with Crippen LogP contribution in [0.15, 0.2) is 0 Å². The molecule has 0 fully saturated rings. The van der Waals surface area contributed by atoms with Gasteiger partial charge in [0.2, 0.25) is 11.8 Å². The number of hydrogen-bond acceptors (Lipinski definition) is 13. The smallest absolute Gasteiger partial charge is 0.245 e. The number of aliphatic hydroxyl groups excluding tert-OH is 1. The highest BCUT2D eigenvalue weighted by Gasteiger charge is 2.07. The number of ether oxygens (including phenoxy) is 4. The van der Waals surface area contributed by atoms with Crippen molar-refractivity contribution in [1.29, 1.82) is 0 Å². The Morgan fingerprint density at radius 2 is 1.34 bits per heavy atom. The lowest BCUT2D eigenvalue weighted by molar-refractivity contribution is -0.126. The fraction of sp³-hybridized carbons (Fsp3) is 0.821. The van der Waals surface area contributed by atoms with Crippen molar-refractivity contribution in [1.82, 2.24) is 16.0 Å². The van der Waals surface area contributed by atoms with Crippen molar-refractivity contribution in [3.05, 3.63) is 0 Å². The maximum absolute atomic E-state index is 11.4. The molecule has 264 valence electrons. The highest BCUT2D eigenvalue weighted by Crippen LogP contribution is 2.02. The molecule has 0 aliphatic rings. The van der Waals surface area contributed by atoms with Gasteiger partial charge in [-0.15, -0.1) is 0 Å². The number of nitrogens with one attached hydrogen (secondary N) is 3. The minimum Gasteiger partial charge on any atom is -0.400 e. The molecule has 0 rings (SSSR count). The Bertz CT molecular complexity index is 652. The number of nitrogens with two attached hydrogens (primary N) is 2. The molecule has 0 aliphatic carbocycles. The van der Waals surface area contributed by atoms with E-state index in [4.69, 9.17) is 35.5 Å². The van der Waals surface area contributed by atoms with Crippen LogP contribution in [0, 0.1) is 0 Å². The second kappa shape index (κ2) is 45.5. The third-order valence-corrected chi connectivity index (χ3v) is 5.17. The largest absolute Gasteiger partial charge is 0.400 e. The van der Waals surface area contributed by atoms with Gasteiger partial charge >= 0.3 is 0 Å². The summed E-state index contributed by atoms with van der Waals surface area (Å²) in [5, 5.41) is 15.3. The number of hydrogen-bond donors (Lipinski definition) is 6. The van der Waals surface area contributed by atoms with Gasteiger partial charge in [-0.3, -0.25) is 14.4 Å². The van der Waals surface area contributed by atoms with Crippen LogP contribution in [0.5, 0.6) is 0 Å². The van der Waals surface area contributed by atoms with Crippen molar-refractivity contribution in [2.45, 2.75) is 65.5 Å². The molecule has 0 heterocycles. The highest BCUT2D eigenvalue weighted by molar-refractivity contribution is 7.40. The third kappa shape index (κ3) is 47.0. The van der Waals surface area contributed by atoms with Crippen LogP contribution < -0.4 is 27.4 Å². The van der Waals surface area contributed by atoms with Crippen LogP contribution >= 0.6 is 9.24 Å². The summed E-state index contributed by atoms with van der Waals surface area (Å²) in [7, 11) is 4.94. The summed E-state index contributed by atoms with van der Waals surface area (Å²) in [6, 6.07) is -1.00. The van der Waals surface area contributed by atoms with Gasteiger partial charge in [-0.2, -0.15) is 0 Å². The summed E-state index contributed by atoms with van der Waals surface area (Å²) in [6.07, 6.45) is 4.10. The molecule has 0 aromatic rings. The second-order valence-electron chi connectivity index (χ2n) is 8.17. The quantitative estimate of drug-likeness (QED) is 0.0379. The average molecular weight is 660 g/mol. The summed E-state index contributed by atoms with van der Waals surface area (Å²) in [6.45, 7) is 8.48. The predicted molar refractivity (Wildman–Crippen MR) is 175 cm³/mol. The van der Waals surface area contributed by atoms with Crippen molar-refractivity contribution in [3.8, 4) is 0 Å². The first-order valence-electron chi connectivity index (χ1n) is 14.4. The Hall–Kier alpha value is -1.94. The molecule has 0 aliphatic heterocycles. The molecule has 0 aromatic carbocycles. The maximum atomic E-state index is 11.4. The molecule has 16 heteroatoms. The number of carbonyl (C=O) groups is 5. The SMILES string of the molecule is C.CC.CNCCOCCOCC(=O)NCCCCC(N)C(=O)P.CO.NC(C=O)CCC(=O)NCCOCCOCC=O. The number of unbranched alkanes of at least 4 members (excludes halogenated alkanes) is 1. The van der Waals surface area contributed by atoms with Gasteiger partial charge in [0.25, 0.3) is 0 Å². The van der Waals surface area contributed by atoms with Crippen LogP contribution in [0.1, 0.15) is 53.4 Å². The average Bonchev–Trinajstić information content (AvgIpc) is 3.02. The van der Waals surface area contributed by atoms with Crippen LogP contribution in [0.4, 0.5) is 0 Å². The zero-order valence-corrected chi connectivity index (χ0v) is 27.6. The molecule has 0 bridgehead atoms. The number of aldehydes is 2. The number of likely N-dealkylation sites (N-methyl/N-ethyl adjacent to an activating group) is 1. The summed E-state index contributed by atoms with van der Waals surface area (Å²) in [5.74, 6) is -0.301. The lowest BCUT2D eigenvalue weighted by Crippen LogP contribution is -2.30. The van der Waals surface area contributed by atoms with Gasteiger partial charge < -0.3 is 61.1 Å². The Morgan fingerprint density at radius 1 is 0.795 bits per heavy atom. The van der Waals surface area contributed by atoms with Gasteiger partial charge in [0.15, 0.2) is 5.52 Å². The topological polar surface area (TPSA) is 231 Å². The summed E-state index contributed by atoms with van der Waals surface area (Å²) < 4.78 is 20.4. The summed E-state index contributed by atoms with van der Waals surface area (Å²) >= 11 is 0. The molecule has 2 amide bonds. The molecule has 0 saturated carbocycles. The first-order valence-corrected chi connectivity index (χ1v) is 15.0. The lowest BCUT2D eigenvalue weighted by atomic mass is 10.1. The molecule has 0 saturated heterocycles. The van der Waals surface area contributed by atoms with Crippen molar-refractivity contribution in [3.63, 3.8) is 0 Å². The van der Waals surface area contributed by atoms with Gasteiger partial charge in [-0.05, 0) is 32.7 Å². The van der Waals surface area contributed by atoms with Crippen LogP contribution in [0.3, 0.4) is 0 Å². The summed E-state index contributed by atoms with van der Waals surface area (Å²) in [5.41, 5.74) is 10.9. The minimum atomic E-state index is -0.582. The molecule has 3 atom stereocenters. The van der Waals surface area contributed by atoms with Gasteiger partial charge in [0.05, 0.1) is 51.7 Å². The van der Waals surface area contributed by atoms with Crippen molar-refractivity contribution < 1.29 is 48.0 Å². The number of amides is 2. The van der Waals surface area contributed by atoms with Crippen molar-refractivity contribution in [2.24, 2.45) is 11.5 Å². The van der Waals surface area contributed by atoms with E-state index in [9.17, 15) is 24.0 Å². The Kier molecular flexibility index (Phi) is 53.4. The molecule has 0 spiro atoms. The fourth-order valence-electron chi connectivity index (χ4n) is 2.54. The Balaban J connectivity index is -0.000000204. The van der Waals surface area contributed by atoms with E-state index in [2.05, 4.69) is 25.2 Å². The van der Waals surface area contributed by atoms with Crippen LogP contribution in [-0.4, -0.2) is 134 Å². The van der Waals surface area contributed by atoms with Crippen molar-refractivity contribution in [2.75, 3.05) is 86.6 Å². The van der Waals surface area contributed by atoms with E-state index in [0.29, 0.717) is 78.1 Å². The maximum Gasteiger partial charge on any atom is 0.245 e. The van der Waals surface area contributed by atoms with Gasteiger partial charge in [0, 0.05) is 33.2 Å². The zero-order chi connectivity index (χ0) is 33.6. The highest BCUT2D eigenvalue weighted by atomic mass is 31.0. The first-order chi connectivity index (χ1) is 20.8. The third-order valence-electron chi connectivity index (χ3n) is 4.74. The molecule has 3 unspecified atom stereocenters. The first kappa shape index (κ1) is 51.6. The van der Waals surface area contributed by atoms with E-state index >= 15 is 0 Å². The number of rotatable bonds is 26. The van der Waals surface area contributed by atoms with E-state index in [1.54, 1.807) is 0 Å².